The molecule has 0 radical (unpaired) electrons. The lowest BCUT2D eigenvalue weighted by molar-refractivity contribution is 1.43. The Kier molecular flexibility index (Phi) is 4.19. The van der Waals surface area contributed by atoms with Gasteiger partial charge in [-0.1, -0.05) is 11.6 Å². The molecule has 0 saturated heterocycles. The first-order valence-electron chi connectivity index (χ1n) is 4.57. The minimum Gasteiger partial charge on any atom is -0.398 e. The molecular formula is C11H9BrClNS2. The van der Waals surface area contributed by atoms with Crippen LogP contribution in [0.4, 0.5) is 5.69 Å². The normalized spacial score (nSPS) is 10.6. The molecule has 0 atom stereocenters. The highest BCUT2D eigenvalue weighted by atomic mass is 79.9. The molecule has 0 amide bonds. The molecule has 2 N–H and O–H groups in total. The van der Waals surface area contributed by atoms with E-state index in [0.717, 1.165) is 25.1 Å². The zero-order valence-electron chi connectivity index (χ0n) is 8.24. The highest BCUT2D eigenvalue weighted by Crippen LogP contribution is 2.33. The second-order valence-electron chi connectivity index (χ2n) is 3.18. The molecule has 1 aromatic heterocycles. The molecular weight excluding hydrogens is 326 g/mol. The molecule has 1 heterocycles. The van der Waals surface area contributed by atoms with Crippen molar-refractivity contribution in [3.8, 4) is 0 Å². The van der Waals surface area contributed by atoms with Gasteiger partial charge in [-0.2, -0.15) is 0 Å². The third-order valence-electron chi connectivity index (χ3n) is 1.97. The summed E-state index contributed by atoms with van der Waals surface area (Å²) in [5.74, 6) is 0.917. The fourth-order valence-corrected chi connectivity index (χ4v) is 3.98. The van der Waals surface area contributed by atoms with Gasteiger partial charge in [-0.3, -0.25) is 0 Å². The van der Waals surface area contributed by atoms with Gasteiger partial charge in [0, 0.05) is 26.2 Å². The molecule has 0 fully saturated rings. The molecule has 0 aliphatic rings. The second-order valence-corrected chi connectivity index (χ2v) is 7.18. The van der Waals surface area contributed by atoms with Crippen molar-refractivity contribution in [2.24, 2.45) is 0 Å². The molecule has 0 bridgehead atoms. The largest absolute Gasteiger partial charge is 0.398 e. The maximum Gasteiger partial charge on any atom is 0.0701 e. The van der Waals surface area contributed by atoms with Crippen molar-refractivity contribution in [3.63, 3.8) is 0 Å². The number of hydrogen-bond acceptors (Lipinski definition) is 3. The number of halogens is 2. The summed E-state index contributed by atoms with van der Waals surface area (Å²) in [6.07, 6.45) is 0. The molecule has 0 aliphatic heterocycles. The van der Waals surface area contributed by atoms with Crippen LogP contribution in [-0.4, -0.2) is 0 Å². The second kappa shape index (κ2) is 5.45. The third kappa shape index (κ3) is 3.17. The van der Waals surface area contributed by atoms with E-state index in [0.29, 0.717) is 0 Å². The Morgan fingerprint density at radius 3 is 2.81 bits per heavy atom. The van der Waals surface area contributed by atoms with Gasteiger partial charge in [-0.25, -0.2) is 0 Å². The van der Waals surface area contributed by atoms with E-state index in [1.54, 1.807) is 23.1 Å². The highest BCUT2D eigenvalue weighted by molar-refractivity contribution is 9.11. The molecule has 0 aliphatic carbocycles. The lowest BCUT2D eigenvalue weighted by atomic mass is 10.3. The van der Waals surface area contributed by atoms with Gasteiger partial charge in [-0.15, -0.1) is 23.1 Å². The van der Waals surface area contributed by atoms with E-state index in [1.807, 2.05) is 18.2 Å². The Hall–Kier alpha value is -0.160. The van der Waals surface area contributed by atoms with Gasteiger partial charge < -0.3 is 5.73 Å². The van der Waals surface area contributed by atoms with E-state index in [1.165, 1.54) is 4.88 Å². The summed E-state index contributed by atoms with van der Waals surface area (Å²) in [7, 11) is 0. The van der Waals surface area contributed by atoms with Crippen molar-refractivity contribution in [2.75, 3.05) is 5.73 Å². The first kappa shape index (κ1) is 12.3. The standard InChI is InChI=1S/C11H9BrClNS2/c12-11-4-2-8(16-11)6-15-10-5-7(13)1-3-9(10)14/h1-5H,6,14H2. The summed E-state index contributed by atoms with van der Waals surface area (Å²) < 4.78 is 1.15. The van der Waals surface area contributed by atoms with Crippen molar-refractivity contribution < 1.29 is 0 Å². The monoisotopic (exact) mass is 333 g/mol. The summed E-state index contributed by atoms with van der Waals surface area (Å²) in [4.78, 5) is 2.35. The molecule has 2 aromatic rings. The molecule has 0 unspecified atom stereocenters. The molecule has 1 nitrogen and oxygen atoms in total. The van der Waals surface area contributed by atoms with Crippen LogP contribution in [0, 0.1) is 0 Å². The highest BCUT2D eigenvalue weighted by Gasteiger charge is 2.03. The molecule has 16 heavy (non-hydrogen) atoms. The number of nitrogens with two attached hydrogens (primary N) is 1. The summed E-state index contributed by atoms with van der Waals surface area (Å²) >= 11 is 12.8. The number of anilines is 1. The van der Waals surface area contributed by atoms with Gasteiger partial charge in [0.25, 0.3) is 0 Å². The summed E-state index contributed by atoms with van der Waals surface area (Å²) in [5, 5.41) is 0.726. The zero-order valence-corrected chi connectivity index (χ0v) is 12.2. The van der Waals surface area contributed by atoms with E-state index in [-0.39, 0.29) is 0 Å². The fourth-order valence-electron chi connectivity index (χ4n) is 1.21. The molecule has 84 valence electrons. The predicted octanol–water partition coefficient (Wildman–Crippen LogP) is 5.04. The molecule has 2 rings (SSSR count). The molecule has 0 saturated carbocycles. The number of hydrogen-bond donors (Lipinski definition) is 1. The summed E-state index contributed by atoms with van der Waals surface area (Å²) in [6.45, 7) is 0. The van der Waals surface area contributed by atoms with Crippen LogP contribution in [0.15, 0.2) is 39.0 Å². The van der Waals surface area contributed by atoms with Crippen molar-refractivity contribution >= 4 is 56.3 Å². The molecule has 1 aromatic carbocycles. The molecule has 5 heteroatoms. The first-order valence-corrected chi connectivity index (χ1v) is 7.54. The van der Waals surface area contributed by atoms with Gasteiger partial charge >= 0.3 is 0 Å². The quantitative estimate of drug-likeness (QED) is 0.628. The topological polar surface area (TPSA) is 26.0 Å². The van der Waals surface area contributed by atoms with Crippen LogP contribution in [0.1, 0.15) is 4.88 Å². The zero-order chi connectivity index (χ0) is 11.5. The number of thiophene rings is 1. The first-order chi connectivity index (χ1) is 7.65. The van der Waals surface area contributed by atoms with Gasteiger partial charge in [0.2, 0.25) is 0 Å². The van der Waals surface area contributed by atoms with Crippen LogP contribution < -0.4 is 5.73 Å². The Bertz CT molecular complexity index is 498. The van der Waals surface area contributed by atoms with Gasteiger partial charge in [-0.05, 0) is 46.3 Å². The smallest absolute Gasteiger partial charge is 0.0701 e. The number of nitrogen functional groups attached to an aromatic ring is 1. The van der Waals surface area contributed by atoms with Crippen LogP contribution in [0.25, 0.3) is 0 Å². The Morgan fingerprint density at radius 2 is 2.12 bits per heavy atom. The van der Waals surface area contributed by atoms with Crippen LogP contribution in [0.3, 0.4) is 0 Å². The van der Waals surface area contributed by atoms with E-state index in [2.05, 4.69) is 28.1 Å². The molecule has 0 spiro atoms. The lowest BCUT2D eigenvalue weighted by Gasteiger charge is -2.04. The minimum absolute atomic E-state index is 0.726. The van der Waals surface area contributed by atoms with Crippen LogP contribution >= 0.6 is 50.6 Å². The maximum atomic E-state index is 5.93. The van der Waals surface area contributed by atoms with Gasteiger partial charge in [0.1, 0.15) is 0 Å². The van der Waals surface area contributed by atoms with Crippen molar-refractivity contribution in [3.05, 3.63) is 44.0 Å². The summed E-state index contributed by atoms with van der Waals surface area (Å²) in [6, 6.07) is 9.73. The number of thioether (sulfide) groups is 1. The average molecular weight is 335 g/mol. The van der Waals surface area contributed by atoms with Crippen LogP contribution in [-0.2, 0) is 5.75 Å². The predicted molar refractivity (Wildman–Crippen MR) is 77.4 cm³/mol. The van der Waals surface area contributed by atoms with Gasteiger partial charge in [0.15, 0.2) is 0 Å². The summed E-state index contributed by atoms with van der Waals surface area (Å²) in [5.41, 5.74) is 6.66. The Labute approximate surface area is 116 Å². The maximum absolute atomic E-state index is 5.93. The van der Waals surface area contributed by atoms with Crippen molar-refractivity contribution in [2.45, 2.75) is 10.6 Å². The van der Waals surface area contributed by atoms with Crippen LogP contribution in [0.2, 0.25) is 5.02 Å². The van der Waals surface area contributed by atoms with E-state index in [4.69, 9.17) is 17.3 Å². The van der Waals surface area contributed by atoms with E-state index in [9.17, 15) is 0 Å². The third-order valence-corrected chi connectivity index (χ3v) is 5.14. The minimum atomic E-state index is 0.726. The SMILES string of the molecule is Nc1ccc(Cl)cc1SCc1ccc(Br)s1. The van der Waals surface area contributed by atoms with Crippen LogP contribution in [0.5, 0.6) is 0 Å². The Morgan fingerprint density at radius 1 is 1.31 bits per heavy atom. The van der Waals surface area contributed by atoms with Crippen molar-refractivity contribution in [1.29, 1.82) is 0 Å². The number of benzene rings is 1. The lowest BCUT2D eigenvalue weighted by Crippen LogP contribution is -1.88. The van der Waals surface area contributed by atoms with Gasteiger partial charge in [0.05, 0.1) is 3.79 Å². The van der Waals surface area contributed by atoms with Crippen molar-refractivity contribution in [1.82, 2.24) is 0 Å². The van der Waals surface area contributed by atoms with E-state index >= 15 is 0 Å². The fraction of sp³-hybridized carbons (Fsp3) is 0.0909. The average Bonchev–Trinajstić information content (AvgIpc) is 2.66. The van der Waals surface area contributed by atoms with E-state index < -0.39 is 0 Å². The number of rotatable bonds is 3. The Balaban J connectivity index is 2.07.